The van der Waals surface area contributed by atoms with E-state index in [0.29, 0.717) is 32.5 Å². The van der Waals surface area contributed by atoms with Gasteiger partial charge in [-0.3, -0.25) is 19.2 Å². The number of rotatable bonds is 7. The number of ether oxygens (including phenoxy) is 1. The molecule has 1 rings (SSSR count). The van der Waals surface area contributed by atoms with Crippen molar-refractivity contribution in [2.75, 3.05) is 33.3 Å². The topological polar surface area (TPSA) is 96.0 Å². The van der Waals surface area contributed by atoms with Crippen LogP contribution in [0.3, 0.4) is 0 Å². The summed E-state index contributed by atoms with van der Waals surface area (Å²) in [6.07, 6.45) is 0.822. The smallest absolute Gasteiger partial charge is 0.315 e. The van der Waals surface area contributed by atoms with Gasteiger partial charge >= 0.3 is 5.97 Å². The molecule has 0 atom stereocenters. The number of carbonyl (C=O) groups is 4. The third kappa shape index (κ3) is 6.72. The number of hydrogen-bond donors (Lipinski definition) is 1. The molecule has 1 heterocycles. The summed E-state index contributed by atoms with van der Waals surface area (Å²) in [5.41, 5.74) is 0. The minimum atomic E-state index is -0.720. The first-order valence-corrected chi connectivity index (χ1v) is 8.73. The number of amides is 3. The summed E-state index contributed by atoms with van der Waals surface area (Å²) < 4.78 is 4.85. The molecular formula is C17H29N3O5. The van der Waals surface area contributed by atoms with Gasteiger partial charge in [0, 0.05) is 38.6 Å². The van der Waals surface area contributed by atoms with E-state index in [0.717, 1.165) is 0 Å². The van der Waals surface area contributed by atoms with Gasteiger partial charge in [-0.2, -0.15) is 0 Å². The van der Waals surface area contributed by atoms with Crippen molar-refractivity contribution in [3.8, 4) is 0 Å². The summed E-state index contributed by atoms with van der Waals surface area (Å²) in [6.45, 7) is 6.68. The van der Waals surface area contributed by atoms with Crippen molar-refractivity contribution in [2.45, 2.75) is 46.1 Å². The molecule has 1 aliphatic heterocycles. The van der Waals surface area contributed by atoms with Gasteiger partial charge < -0.3 is 19.9 Å². The van der Waals surface area contributed by atoms with Crippen LogP contribution in [-0.2, 0) is 23.9 Å². The van der Waals surface area contributed by atoms with Gasteiger partial charge in [0.25, 0.3) is 5.91 Å². The van der Waals surface area contributed by atoms with Crippen LogP contribution in [0, 0.1) is 5.92 Å². The standard InChI is InChI=1S/C17H29N3O5/c1-5-18-14(21)10-16(23)25-11-15(22)20-8-6-13(7-9-20)17(24)19(4)12(2)3/h12-13H,5-11H2,1-4H3,(H,18,21). The third-order valence-corrected chi connectivity index (χ3v) is 4.35. The Bertz CT molecular complexity index is 499. The van der Waals surface area contributed by atoms with Gasteiger partial charge in [-0.25, -0.2) is 0 Å². The minimum absolute atomic E-state index is 0.0725. The average molecular weight is 355 g/mol. The van der Waals surface area contributed by atoms with E-state index >= 15 is 0 Å². The molecule has 0 saturated carbocycles. The van der Waals surface area contributed by atoms with E-state index < -0.39 is 11.9 Å². The van der Waals surface area contributed by atoms with Crippen LogP contribution in [0.4, 0.5) is 0 Å². The highest BCUT2D eigenvalue weighted by Crippen LogP contribution is 2.20. The number of carbonyl (C=O) groups excluding carboxylic acids is 4. The molecule has 1 aliphatic rings. The Labute approximate surface area is 148 Å². The molecule has 25 heavy (non-hydrogen) atoms. The Morgan fingerprint density at radius 3 is 2.32 bits per heavy atom. The normalized spacial score (nSPS) is 15.0. The molecule has 1 fully saturated rings. The Balaban J connectivity index is 2.35. The quantitative estimate of drug-likeness (QED) is 0.518. The summed E-state index contributed by atoms with van der Waals surface area (Å²) in [5, 5.41) is 2.49. The fourth-order valence-electron chi connectivity index (χ4n) is 2.59. The lowest BCUT2D eigenvalue weighted by Gasteiger charge is -2.34. The van der Waals surface area contributed by atoms with Gasteiger partial charge in [0.15, 0.2) is 6.61 Å². The Morgan fingerprint density at radius 2 is 1.80 bits per heavy atom. The summed E-state index contributed by atoms with van der Waals surface area (Å²) in [4.78, 5) is 50.5. The molecule has 0 unspecified atom stereocenters. The van der Waals surface area contributed by atoms with Crippen LogP contribution in [0.1, 0.15) is 40.0 Å². The highest BCUT2D eigenvalue weighted by atomic mass is 16.5. The average Bonchev–Trinajstić information content (AvgIpc) is 2.58. The van der Waals surface area contributed by atoms with E-state index in [1.165, 1.54) is 0 Å². The van der Waals surface area contributed by atoms with Crippen LogP contribution >= 0.6 is 0 Å². The van der Waals surface area contributed by atoms with Crippen molar-refractivity contribution in [1.82, 2.24) is 15.1 Å². The Hall–Kier alpha value is -2.12. The zero-order valence-corrected chi connectivity index (χ0v) is 15.5. The number of nitrogens with one attached hydrogen (secondary N) is 1. The third-order valence-electron chi connectivity index (χ3n) is 4.35. The van der Waals surface area contributed by atoms with Gasteiger partial charge in [-0.05, 0) is 33.6 Å². The number of nitrogens with zero attached hydrogens (tertiary/aromatic N) is 2. The highest BCUT2D eigenvalue weighted by molar-refractivity contribution is 5.95. The molecular weight excluding hydrogens is 326 g/mol. The van der Waals surface area contributed by atoms with Crippen molar-refractivity contribution >= 4 is 23.7 Å². The van der Waals surface area contributed by atoms with Gasteiger partial charge in [0.1, 0.15) is 6.42 Å². The monoisotopic (exact) mass is 355 g/mol. The molecule has 0 spiro atoms. The van der Waals surface area contributed by atoms with E-state index in [2.05, 4.69) is 5.32 Å². The molecule has 0 radical (unpaired) electrons. The van der Waals surface area contributed by atoms with Crippen LogP contribution in [0.5, 0.6) is 0 Å². The predicted octanol–water partition coefficient (Wildman–Crippen LogP) is 0.161. The SMILES string of the molecule is CCNC(=O)CC(=O)OCC(=O)N1CCC(C(=O)N(C)C(C)C)CC1. The zero-order valence-electron chi connectivity index (χ0n) is 15.5. The predicted molar refractivity (Wildman–Crippen MR) is 91.5 cm³/mol. The van der Waals surface area contributed by atoms with Gasteiger partial charge in [0.2, 0.25) is 11.8 Å². The molecule has 0 aromatic carbocycles. The van der Waals surface area contributed by atoms with Crippen molar-refractivity contribution in [2.24, 2.45) is 5.92 Å². The van der Waals surface area contributed by atoms with Crippen LogP contribution in [0.15, 0.2) is 0 Å². The number of hydrogen-bond acceptors (Lipinski definition) is 5. The van der Waals surface area contributed by atoms with E-state index in [9.17, 15) is 19.2 Å². The van der Waals surface area contributed by atoms with E-state index in [4.69, 9.17) is 4.74 Å². The van der Waals surface area contributed by atoms with Crippen LogP contribution in [-0.4, -0.2) is 72.8 Å². The van der Waals surface area contributed by atoms with E-state index in [1.54, 1.807) is 23.8 Å². The number of likely N-dealkylation sites (tertiary alicyclic amines) is 1. The minimum Gasteiger partial charge on any atom is -0.455 e. The lowest BCUT2D eigenvalue weighted by atomic mass is 9.95. The second-order valence-corrected chi connectivity index (χ2v) is 6.49. The van der Waals surface area contributed by atoms with Crippen molar-refractivity contribution in [3.63, 3.8) is 0 Å². The van der Waals surface area contributed by atoms with Gasteiger partial charge in [0.05, 0.1) is 0 Å². The fourth-order valence-corrected chi connectivity index (χ4v) is 2.59. The number of piperidine rings is 1. The molecule has 1 N–H and O–H groups in total. The number of esters is 1. The van der Waals surface area contributed by atoms with Crippen LogP contribution in [0.25, 0.3) is 0 Å². The molecule has 0 aromatic heterocycles. The maximum Gasteiger partial charge on any atom is 0.315 e. The first-order valence-electron chi connectivity index (χ1n) is 8.73. The molecule has 8 heteroatoms. The maximum atomic E-state index is 12.3. The van der Waals surface area contributed by atoms with E-state index in [-0.39, 0.29) is 36.8 Å². The molecule has 8 nitrogen and oxygen atoms in total. The van der Waals surface area contributed by atoms with Crippen molar-refractivity contribution in [1.29, 1.82) is 0 Å². The van der Waals surface area contributed by atoms with Crippen LogP contribution in [0.2, 0.25) is 0 Å². The second kappa shape index (κ2) is 10.0. The molecule has 3 amide bonds. The summed E-state index contributed by atoms with van der Waals surface area (Å²) in [6, 6.07) is 0.150. The first-order chi connectivity index (χ1) is 11.8. The van der Waals surface area contributed by atoms with E-state index in [1.807, 2.05) is 13.8 Å². The zero-order chi connectivity index (χ0) is 19.0. The second-order valence-electron chi connectivity index (χ2n) is 6.49. The largest absolute Gasteiger partial charge is 0.455 e. The van der Waals surface area contributed by atoms with Crippen LogP contribution < -0.4 is 5.32 Å². The molecule has 0 aromatic rings. The van der Waals surface area contributed by atoms with Gasteiger partial charge in [-0.1, -0.05) is 0 Å². The highest BCUT2D eigenvalue weighted by Gasteiger charge is 2.30. The summed E-state index contributed by atoms with van der Waals surface area (Å²) in [7, 11) is 1.79. The first kappa shape index (κ1) is 20.9. The fraction of sp³-hybridized carbons (Fsp3) is 0.765. The maximum absolute atomic E-state index is 12.3. The molecule has 0 bridgehead atoms. The lowest BCUT2D eigenvalue weighted by molar-refractivity contribution is -0.154. The lowest BCUT2D eigenvalue weighted by Crippen LogP contribution is -2.46. The molecule has 142 valence electrons. The summed E-state index contributed by atoms with van der Waals surface area (Å²) >= 11 is 0. The summed E-state index contributed by atoms with van der Waals surface area (Å²) in [5.74, 6) is -1.41. The van der Waals surface area contributed by atoms with Crippen molar-refractivity contribution < 1.29 is 23.9 Å². The van der Waals surface area contributed by atoms with Crippen molar-refractivity contribution in [3.05, 3.63) is 0 Å². The molecule has 0 aliphatic carbocycles. The van der Waals surface area contributed by atoms with Gasteiger partial charge in [-0.15, -0.1) is 0 Å². The Kier molecular flexibility index (Phi) is 8.37. The Morgan fingerprint density at radius 1 is 1.20 bits per heavy atom. The molecule has 1 saturated heterocycles.